The Morgan fingerprint density at radius 1 is 1.33 bits per heavy atom. The Labute approximate surface area is 109 Å². The molecule has 0 aromatic heterocycles. The van der Waals surface area contributed by atoms with E-state index in [1.165, 1.54) is 11.1 Å². The van der Waals surface area contributed by atoms with Crippen LogP contribution in [0, 0.1) is 0 Å². The number of unbranched alkanes of at least 4 members (excludes halogenated alkanes) is 2. The third-order valence-electron chi connectivity index (χ3n) is 3.50. The molecule has 2 rings (SSSR count). The first-order valence-electron chi connectivity index (χ1n) is 6.91. The average Bonchev–Trinajstić information content (AvgIpc) is 2.85. The molecule has 0 amide bonds. The van der Waals surface area contributed by atoms with E-state index in [4.69, 9.17) is 9.84 Å². The highest BCUT2D eigenvalue weighted by molar-refractivity contribution is 5.40. The van der Waals surface area contributed by atoms with Crippen molar-refractivity contribution in [3.63, 3.8) is 0 Å². The molecule has 1 unspecified atom stereocenters. The third-order valence-corrected chi connectivity index (χ3v) is 3.50. The zero-order chi connectivity index (χ0) is 12.8. The van der Waals surface area contributed by atoms with Gasteiger partial charge in [0.15, 0.2) is 0 Å². The normalized spacial score (nSPS) is 15.2. The number of fused-ring (bicyclic) bond motifs is 1. The van der Waals surface area contributed by atoms with Crippen molar-refractivity contribution < 1.29 is 9.84 Å². The van der Waals surface area contributed by atoms with Gasteiger partial charge in [-0.15, -0.1) is 0 Å². The molecule has 1 aromatic rings. The lowest BCUT2D eigenvalue weighted by Gasteiger charge is -2.15. The second-order valence-electron chi connectivity index (χ2n) is 4.93. The van der Waals surface area contributed by atoms with Gasteiger partial charge in [-0.1, -0.05) is 12.1 Å². The highest BCUT2D eigenvalue weighted by atomic mass is 16.5. The summed E-state index contributed by atoms with van der Waals surface area (Å²) in [6, 6.07) is 6.87. The van der Waals surface area contributed by atoms with E-state index >= 15 is 0 Å². The van der Waals surface area contributed by atoms with Gasteiger partial charge in [0.05, 0.1) is 6.61 Å². The fourth-order valence-corrected chi connectivity index (χ4v) is 2.33. The van der Waals surface area contributed by atoms with E-state index in [0.717, 1.165) is 44.6 Å². The van der Waals surface area contributed by atoms with Crippen LogP contribution in [0.1, 0.15) is 43.4 Å². The summed E-state index contributed by atoms with van der Waals surface area (Å²) in [4.78, 5) is 0. The lowest BCUT2D eigenvalue weighted by Crippen LogP contribution is -2.19. The monoisotopic (exact) mass is 249 g/mol. The van der Waals surface area contributed by atoms with E-state index in [1.54, 1.807) is 0 Å². The predicted octanol–water partition coefficient (Wildman–Crippen LogP) is 2.43. The lowest BCUT2D eigenvalue weighted by molar-refractivity contribution is 0.282. The highest BCUT2D eigenvalue weighted by Gasteiger charge is 2.14. The minimum atomic E-state index is 0.306. The molecule has 2 N–H and O–H groups in total. The minimum absolute atomic E-state index is 0.306. The van der Waals surface area contributed by atoms with Crippen LogP contribution in [-0.2, 0) is 6.42 Å². The van der Waals surface area contributed by atoms with E-state index < -0.39 is 0 Å². The van der Waals surface area contributed by atoms with Crippen molar-refractivity contribution in [3.05, 3.63) is 29.3 Å². The Balaban J connectivity index is 1.80. The summed E-state index contributed by atoms with van der Waals surface area (Å²) in [6.07, 6.45) is 4.16. The van der Waals surface area contributed by atoms with Gasteiger partial charge < -0.3 is 15.2 Å². The maximum atomic E-state index is 8.71. The van der Waals surface area contributed by atoms with E-state index in [-0.39, 0.29) is 0 Å². The molecular formula is C15H23NO2. The fourth-order valence-electron chi connectivity index (χ4n) is 2.33. The molecule has 1 atom stereocenters. The Morgan fingerprint density at radius 3 is 3.06 bits per heavy atom. The van der Waals surface area contributed by atoms with Gasteiger partial charge in [0.2, 0.25) is 0 Å². The van der Waals surface area contributed by atoms with Crippen LogP contribution in [-0.4, -0.2) is 24.9 Å². The first-order chi connectivity index (χ1) is 8.81. The molecule has 0 radical (unpaired) electrons. The number of benzene rings is 1. The number of nitrogens with one attached hydrogen (secondary N) is 1. The van der Waals surface area contributed by atoms with Crippen molar-refractivity contribution >= 4 is 0 Å². The molecule has 1 aromatic carbocycles. The van der Waals surface area contributed by atoms with Gasteiger partial charge in [0, 0.05) is 19.1 Å². The van der Waals surface area contributed by atoms with Crippen LogP contribution in [0.3, 0.4) is 0 Å². The summed E-state index contributed by atoms with van der Waals surface area (Å²) in [5, 5.41) is 12.2. The maximum Gasteiger partial charge on any atom is 0.122 e. The molecule has 0 saturated carbocycles. The third kappa shape index (κ3) is 3.47. The number of aliphatic hydroxyl groups is 1. The van der Waals surface area contributed by atoms with Crippen LogP contribution in [0.5, 0.6) is 5.75 Å². The van der Waals surface area contributed by atoms with Crippen LogP contribution in [0.2, 0.25) is 0 Å². The van der Waals surface area contributed by atoms with Crippen LogP contribution in [0.15, 0.2) is 18.2 Å². The van der Waals surface area contributed by atoms with Gasteiger partial charge in [0.25, 0.3) is 0 Å². The van der Waals surface area contributed by atoms with Gasteiger partial charge in [-0.2, -0.15) is 0 Å². The van der Waals surface area contributed by atoms with Crippen molar-refractivity contribution in [2.75, 3.05) is 19.8 Å². The molecule has 0 aliphatic carbocycles. The fraction of sp³-hybridized carbons (Fsp3) is 0.600. The molecule has 3 heteroatoms. The number of hydrogen-bond acceptors (Lipinski definition) is 3. The quantitative estimate of drug-likeness (QED) is 0.729. The van der Waals surface area contributed by atoms with Crippen LogP contribution in [0.25, 0.3) is 0 Å². The lowest BCUT2D eigenvalue weighted by atomic mass is 10.0. The second-order valence-corrected chi connectivity index (χ2v) is 4.93. The summed E-state index contributed by atoms with van der Waals surface area (Å²) in [5.41, 5.74) is 2.67. The molecule has 1 aliphatic rings. The van der Waals surface area contributed by atoms with Crippen LogP contribution in [0.4, 0.5) is 0 Å². The highest BCUT2D eigenvalue weighted by Crippen LogP contribution is 2.27. The van der Waals surface area contributed by atoms with Crippen molar-refractivity contribution in [2.24, 2.45) is 0 Å². The summed E-state index contributed by atoms with van der Waals surface area (Å²) < 4.78 is 5.51. The van der Waals surface area contributed by atoms with Gasteiger partial charge >= 0.3 is 0 Å². The smallest absolute Gasteiger partial charge is 0.122 e. The Hall–Kier alpha value is -1.06. The van der Waals surface area contributed by atoms with Gasteiger partial charge in [-0.25, -0.2) is 0 Å². The van der Waals surface area contributed by atoms with Crippen molar-refractivity contribution in [3.8, 4) is 5.75 Å². The molecule has 0 fully saturated rings. The van der Waals surface area contributed by atoms with Crippen LogP contribution < -0.4 is 10.1 Å². The summed E-state index contributed by atoms with van der Waals surface area (Å²) in [5.74, 6) is 1.05. The van der Waals surface area contributed by atoms with Crippen molar-refractivity contribution in [1.82, 2.24) is 5.32 Å². The van der Waals surface area contributed by atoms with Gasteiger partial charge in [0.1, 0.15) is 5.75 Å². The molecule has 0 bridgehead atoms. The molecule has 0 saturated heterocycles. The Morgan fingerprint density at radius 2 is 2.22 bits per heavy atom. The van der Waals surface area contributed by atoms with Crippen LogP contribution >= 0.6 is 0 Å². The van der Waals surface area contributed by atoms with Gasteiger partial charge in [-0.3, -0.25) is 0 Å². The molecular weight excluding hydrogens is 226 g/mol. The second kappa shape index (κ2) is 6.76. The average molecular weight is 249 g/mol. The number of hydrogen-bond donors (Lipinski definition) is 2. The number of ether oxygens (including phenoxy) is 1. The zero-order valence-electron chi connectivity index (χ0n) is 11.1. The SMILES string of the molecule is CC(NCCCCCO)c1ccc2c(c1)CCO2. The number of aliphatic hydroxyl groups excluding tert-OH is 1. The Kier molecular flexibility index (Phi) is 5.02. The topological polar surface area (TPSA) is 41.5 Å². The molecule has 1 heterocycles. The van der Waals surface area contributed by atoms with Crippen molar-refractivity contribution in [2.45, 2.75) is 38.6 Å². The Bertz CT molecular complexity index is 379. The minimum Gasteiger partial charge on any atom is -0.493 e. The van der Waals surface area contributed by atoms with E-state index in [2.05, 4.69) is 30.4 Å². The summed E-state index contributed by atoms with van der Waals surface area (Å²) in [7, 11) is 0. The standard InChI is InChI=1S/C15H23NO2/c1-12(16-8-3-2-4-9-17)13-5-6-15-14(11-13)7-10-18-15/h5-6,11-12,16-17H,2-4,7-10H2,1H3. The predicted molar refractivity (Wildman–Crippen MR) is 73.0 cm³/mol. The first-order valence-corrected chi connectivity index (χ1v) is 6.91. The molecule has 0 spiro atoms. The molecule has 100 valence electrons. The molecule has 18 heavy (non-hydrogen) atoms. The maximum absolute atomic E-state index is 8.71. The first kappa shape index (κ1) is 13.4. The summed E-state index contributed by atoms with van der Waals surface area (Å²) in [6.45, 7) is 4.33. The zero-order valence-corrected chi connectivity index (χ0v) is 11.1. The largest absolute Gasteiger partial charge is 0.493 e. The summed E-state index contributed by atoms with van der Waals surface area (Å²) >= 11 is 0. The van der Waals surface area contributed by atoms with E-state index in [1.807, 2.05) is 0 Å². The van der Waals surface area contributed by atoms with Gasteiger partial charge in [-0.05, 0) is 49.9 Å². The molecule has 1 aliphatic heterocycles. The van der Waals surface area contributed by atoms with E-state index in [9.17, 15) is 0 Å². The molecule has 3 nitrogen and oxygen atoms in total. The van der Waals surface area contributed by atoms with E-state index in [0.29, 0.717) is 12.6 Å². The van der Waals surface area contributed by atoms with Crippen molar-refractivity contribution in [1.29, 1.82) is 0 Å². The number of rotatable bonds is 7.